The van der Waals surface area contributed by atoms with Gasteiger partial charge in [-0.1, -0.05) is 0 Å². The van der Waals surface area contributed by atoms with Gasteiger partial charge in [0, 0.05) is 6.42 Å². The number of primary amides is 1. The monoisotopic (exact) mass is 415 g/mol. The lowest BCUT2D eigenvalue weighted by atomic mass is 10.1. The van der Waals surface area contributed by atoms with Crippen molar-refractivity contribution >= 4 is 35.6 Å². The lowest BCUT2D eigenvalue weighted by molar-refractivity contribution is -0.143. The predicted molar refractivity (Wildman–Crippen MR) is 96.2 cm³/mol. The number of carboxylic acids is 2. The number of nitrogens with one attached hydrogen (secondary N) is 4. The molecule has 13 heteroatoms. The number of carboxylic acid groups (broad SMARTS) is 2. The minimum atomic E-state index is -1.53. The fraction of sp³-hybridized carbons (Fsp3) is 0.625. The van der Waals surface area contributed by atoms with Crippen LogP contribution in [0.2, 0.25) is 0 Å². The van der Waals surface area contributed by atoms with E-state index in [1.54, 1.807) is 0 Å². The van der Waals surface area contributed by atoms with Gasteiger partial charge in [0.25, 0.3) is 0 Å². The Bertz CT molecular complexity index is 662. The fourth-order valence-corrected chi connectivity index (χ4v) is 2.65. The minimum Gasteiger partial charge on any atom is -0.481 e. The second-order valence-corrected chi connectivity index (χ2v) is 6.49. The fourth-order valence-electron chi connectivity index (χ4n) is 2.65. The third-order valence-electron chi connectivity index (χ3n) is 4.12. The van der Waals surface area contributed by atoms with Gasteiger partial charge in [0.1, 0.15) is 12.1 Å². The van der Waals surface area contributed by atoms with Gasteiger partial charge in [-0.15, -0.1) is 0 Å². The zero-order valence-electron chi connectivity index (χ0n) is 15.6. The number of nitrogens with two attached hydrogens (primary N) is 1. The van der Waals surface area contributed by atoms with Gasteiger partial charge < -0.3 is 37.2 Å². The van der Waals surface area contributed by atoms with E-state index in [4.69, 9.17) is 15.9 Å². The number of hydrogen-bond acceptors (Lipinski definition) is 7. The highest BCUT2D eigenvalue weighted by Crippen LogP contribution is 2.04. The van der Waals surface area contributed by atoms with Crippen molar-refractivity contribution < 1.29 is 39.0 Å². The molecule has 1 aliphatic heterocycles. The highest BCUT2D eigenvalue weighted by molar-refractivity contribution is 5.95. The summed E-state index contributed by atoms with van der Waals surface area (Å²) < 4.78 is 0. The van der Waals surface area contributed by atoms with Gasteiger partial charge in [-0.2, -0.15) is 0 Å². The maximum Gasteiger partial charge on any atom is 0.326 e. The molecule has 29 heavy (non-hydrogen) atoms. The second-order valence-electron chi connectivity index (χ2n) is 6.49. The Morgan fingerprint density at radius 1 is 1.07 bits per heavy atom. The molecule has 0 bridgehead atoms. The molecule has 4 amide bonds. The van der Waals surface area contributed by atoms with E-state index in [1.165, 1.54) is 0 Å². The molecule has 1 fully saturated rings. The second kappa shape index (κ2) is 11.6. The average molecular weight is 415 g/mol. The Labute approximate surface area is 165 Å². The number of carbonyl (C=O) groups excluding carboxylic acids is 4. The first kappa shape index (κ1) is 23.8. The maximum absolute atomic E-state index is 12.3. The molecular weight excluding hydrogens is 390 g/mol. The lowest BCUT2D eigenvalue weighted by Gasteiger charge is -2.20. The summed E-state index contributed by atoms with van der Waals surface area (Å²) >= 11 is 0. The van der Waals surface area contributed by atoms with Crippen molar-refractivity contribution in [3.8, 4) is 0 Å². The molecule has 0 aromatic heterocycles. The van der Waals surface area contributed by atoms with Crippen LogP contribution in [0.5, 0.6) is 0 Å². The highest BCUT2D eigenvalue weighted by atomic mass is 16.4. The van der Waals surface area contributed by atoms with Crippen LogP contribution in [0, 0.1) is 0 Å². The first-order chi connectivity index (χ1) is 13.6. The van der Waals surface area contributed by atoms with Crippen LogP contribution in [0.3, 0.4) is 0 Å². The summed E-state index contributed by atoms with van der Waals surface area (Å²) in [6, 6.07) is -3.41. The normalized spacial score (nSPS) is 17.6. The summed E-state index contributed by atoms with van der Waals surface area (Å²) in [6.07, 6.45) is -0.0464. The summed E-state index contributed by atoms with van der Waals surface area (Å²) in [5, 5.41) is 27.4. The van der Waals surface area contributed by atoms with Gasteiger partial charge >= 0.3 is 11.9 Å². The van der Waals surface area contributed by atoms with E-state index in [2.05, 4.69) is 21.3 Å². The zero-order valence-corrected chi connectivity index (χ0v) is 15.6. The molecule has 1 rings (SSSR count). The lowest BCUT2D eigenvalue weighted by Crippen LogP contribution is -2.54. The van der Waals surface area contributed by atoms with Crippen LogP contribution in [-0.2, 0) is 28.8 Å². The van der Waals surface area contributed by atoms with Gasteiger partial charge in [-0.3, -0.25) is 24.0 Å². The van der Waals surface area contributed by atoms with Crippen LogP contribution >= 0.6 is 0 Å². The summed E-state index contributed by atoms with van der Waals surface area (Å²) in [4.78, 5) is 69.1. The molecule has 3 atom stereocenters. The Morgan fingerprint density at radius 3 is 2.28 bits per heavy atom. The molecule has 1 saturated heterocycles. The quantitative estimate of drug-likeness (QED) is 0.169. The topological polar surface area (TPSA) is 217 Å². The molecule has 0 aromatic rings. The molecule has 1 heterocycles. The van der Waals surface area contributed by atoms with E-state index in [0.717, 1.165) is 6.42 Å². The molecule has 0 spiro atoms. The Hall–Kier alpha value is -3.22. The van der Waals surface area contributed by atoms with E-state index in [1.807, 2.05) is 0 Å². The molecule has 0 aromatic carbocycles. The van der Waals surface area contributed by atoms with Crippen molar-refractivity contribution in [2.75, 3.05) is 13.1 Å². The molecule has 8 N–H and O–H groups in total. The third-order valence-corrected chi connectivity index (χ3v) is 4.12. The largest absolute Gasteiger partial charge is 0.481 e. The molecule has 3 unspecified atom stereocenters. The number of rotatable bonds is 12. The molecule has 1 aliphatic rings. The molecule has 0 saturated carbocycles. The van der Waals surface area contributed by atoms with Gasteiger partial charge in [0.2, 0.25) is 23.6 Å². The summed E-state index contributed by atoms with van der Waals surface area (Å²) in [6.45, 7) is 0.235. The molecular formula is C16H25N5O8. The van der Waals surface area contributed by atoms with Gasteiger partial charge in [-0.25, -0.2) is 4.79 Å². The third kappa shape index (κ3) is 9.01. The number of aliphatic carboxylic acids is 2. The van der Waals surface area contributed by atoms with Crippen LogP contribution in [0.4, 0.5) is 0 Å². The van der Waals surface area contributed by atoms with Gasteiger partial charge in [0.05, 0.1) is 19.0 Å². The van der Waals surface area contributed by atoms with Crippen LogP contribution < -0.4 is 27.0 Å². The Balaban J connectivity index is 2.63. The summed E-state index contributed by atoms with van der Waals surface area (Å²) in [5.41, 5.74) is 5.06. The first-order valence-corrected chi connectivity index (χ1v) is 8.94. The molecule has 0 radical (unpaired) electrons. The molecule has 0 aliphatic carbocycles. The zero-order chi connectivity index (χ0) is 22.0. The minimum absolute atomic E-state index is 0.381. The van der Waals surface area contributed by atoms with Crippen molar-refractivity contribution in [3.63, 3.8) is 0 Å². The van der Waals surface area contributed by atoms with Crippen molar-refractivity contribution in [2.45, 2.75) is 50.2 Å². The maximum atomic E-state index is 12.3. The van der Waals surface area contributed by atoms with Gasteiger partial charge in [-0.05, 0) is 25.8 Å². The van der Waals surface area contributed by atoms with E-state index < -0.39 is 73.6 Å². The summed E-state index contributed by atoms with van der Waals surface area (Å²) in [5.74, 6) is -5.83. The first-order valence-electron chi connectivity index (χ1n) is 8.94. The Morgan fingerprint density at radius 2 is 1.76 bits per heavy atom. The van der Waals surface area contributed by atoms with E-state index >= 15 is 0 Å². The summed E-state index contributed by atoms with van der Waals surface area (Å²) in [7, 11) is 0. The predicted octanol–water partition coefficient (Wildman–Crippen LogP) is -3.35. The van der Waals surface area contributed by atoms with Crippen LogP contribution in [0.15, 0.2) is 0 Å². The average Bonchev–Trinajstić information content (AvgIpc) is 3.16. The van der Waals surface area contributed by atoms with Crippen LogP contribution in [0.25, 0.3) is 0 Å². The highest BCUT2D eigenvalue weighted by Gasteiger charge is 2.28. The van der Waals surface area contributed by atoms with Crippen molar-refractivity contribution in [3.05, 3.63) is 0 Å². The van der Waals surface area contributed by atoms with Gasteiger partial charge in [0.15, 0.2) is 0 Å². The SMILES string of the molecule is NC(=O)CC(NC(=O)CNC(=O)C1CCCN1)C(=O)NC(CCC(=O)O)C(=O)O. The van der Waals surface area contributed by atoms with Crippen LogP contribution in [0.1, 0.15) is 32.1 Å². The van der Waals surface area contributed by atoms with Crippen molar-refractivity contribution in [1.29, 1.82) is 0 Å². The smallest absolute Gasteiger partial charge is 0.326 e. The van der Waals surface area contributed by atoms with Crippen LogP contribution in [-0.4, -0.2) is 77.0 Å². The number of amides is 4. The standard InChI is InChI=1S/C16H25N5O8/c17-11(22)6-10(15(27)21-9(16(28)29)3-4-13(24)25)20-12(23)7-19-14(26)8-2-1-5-18-8/h8-10,18H,1-7H2,(H2,17,22)(H,19,26)(H,20,23)(H,21,27)(H,24,25)(H,28,29). The van der Waals surface area contributed by atoms with E-state index in [9.17, 15) is 28.8 Å². The van der Waals surface area contributed by atoms with Crippen molar-refractivity contribution in [2.24, 2.45) is 5.73 Å². The van der Waals surface area contributed by atoms with E-state index in [-0.39, 0.29) is 5.91 Å². The Kier molecular flexibility index (Phi) is 9.51. The number of hydrogen-bond donors (Lipinski definition) is 7. The molecule has 162 valence electrons. The van der Waals surface area contributed by atoms with E-state index in [0.29, 0.717) is 13.0 Å². The van der Waals surface area contributed by atoms with Crippen molar-refractivity contribution in [1.82, 2.24) is 21.3 Å². The molecule has 13 nitrogen and oxygen atoms in total. The number of carbonyl (C=O) groups is 6.